The van der Waals surface area contributed by atoms with Crippen molar-refractivity contribution in [2.75, 3.05) is 11.5 Å². The van der Waals surface area contributed by atoms with Crippen LogP contribution in [0.4, 0.5) is 11.4 Å². The van der Waals surface area contributed by atoms with Crippen molar-refractivity contribution in [1.82, 2.24) is 0 Å². The van der Waals surface area contributed by atoms with Gasteiger partial charge in [-0.15, -0.1) is 0 Å². The van der Waals surface area contributed by atoms with Gasteiger partial charge in [0.15, 0.2) is 0 Å². The highest BCUT2D eigenvalue weighted by atomic mass is 32.1. The number of anilines is 2. The highest BCUT2D eigenvalue weighted by Gasteiger charge is 2.25. The Hall–Kier alpha value is -3.08. The number of hydrogen-bond acceptors (Lipinski definition) is 4. The lowest BCUT2D eigenvalue weighted by Crippen LogP contribution is -2.14. The fourth-order valence-electron chi connectivity index (χ4n) is 4.21. The Balaban J connectivity index is 1.61. The fraction of sp³-hybridized carbons (Fsp3) is 0.0833. The molecule has 0 radical (unpaired) electrons. The van der Waals surface area contributed by atoms with E-state index in [1.54, 1.807) is 11.3 Å². The summed E-state index contributed by atoms with van der Waals surface area (Å²) in [4.78, 5) is 0. The molecule has 1 unspecified atom stereocenters. The maximum Gasteiger partial charge on any atom is 0.0569 e. The molecule has 0 saturated carbocycles. The summed E-state index contributed by atoms with van der Waals surface area (Å²) in [5, 5.41) is 4.24. The van der Waals surface area contributed by atoms with Crippen LogP contribution < -0.4 is 17.2 Å². The van der Waals surface area contributed by atoms with E-state index in [4.69, 9.17) is 17.2 Å². The number of thiophene rings is 1. The first-order chi connectivity index (χ1) is 13.6. The summed E-state index contributed by atoms with van der Waals surface area (Å²) in [6.07, 6.45) is 0.926. The minimum Gasteiger partial charge on any atom is -0.399 e. The van der Waals surface area contributed by atoms with Crippen molar-refractivity contribution >= 4 is 22.7 Å². The maximum absolute atomic E-state index is 6.83. The first-order valence-corrected chi connectivity index (χ1v) is 10.2. The van der Waals surface area contributed by atoms with E-state index in [9.17, 15) is 0 Å². The number of nitrogens with two attached hydrogens (primary N) is 3. The quantitative estimate of drug-likeness (QED) is 0.375. The maximum atomic E-state index is 6.83. The predicted octanol–water partition coefficient (Wildman–Crippen LogP) is 5.20. The largest absolute Gasteiger partial charge is 0.399 e. The Morgan fingerprint density at radius 3 is 2.46 bits per heavy atom. The molecule has 6 N–H and O–H groups in total. The van der Waals surface area contributed by atoms with Crippen LogP contribution in [0.25, 0.3) is 22.3 Å². The second-order valence-electron chi connectivity index (χ2n) is 7.27. The molecule has 0 bridgehead atoms. The van der Waals surface area contributed by atoms with Gasteiger partial charge in [-0.3, -0.25) is 0 Å². The molecule has 0 aliphatic heterocycles. The van der Waals surface area contributed by atoms with Gasteiger partial charge >= 0.3 is 0 Å². The Kier molecular flexibility index (Phi) is 3.97. The Bertz CT molecular complexity index is 1190. The Morgan fingerprint density at radius 1 is 0.750 bits per heavy atom. The monoisotopic (exact) mass is 383 g/mol. The number of fused-ring (bicyclic) bond motifs is 3. The first kappa shape index (κ1) is 17.0. The van der Waals surface area contributed by atoms with Crippen molar-refractivity contribution in [3.8, 4) is 22.3 Å². The molecule has 3 nitrogen and oxygen atoms in total. The van der Waals surface area contributed by atoms with Gasteiger partial charge in [-0.2, -0.15) is 11.3 Å². The fourth-order valence-corrected chi connectivity index (χ4v) is 5.10. The van der Waals surface area contributed by atoms with Crippen molar-refractivity contribution in [1.29, 1.82) is 0 Å². The van der Waals surface area contributed by atoms with Gasteiger partial charge in [-0.05, 0) is 74.3 Å². The number of hydrogen-bond donors (Lipinski definition) is 3. The standard InChI is InChI=1S/C24H21N3S/c25-15-8-9-23(26)20(11-15)21-12-28-13-22(21)24(27)18-7-3-6-17-16-5-2-1-4-14(16)10-19(17)18/h1-9,11-13,24H,10,25-27H2. The minimum atomic E-state index is -0.216. The van der Waals surface area contributed by atoms with E-state index in [1.165, 1.54) is 27.8 Å². The highest BCUT2D eigenvalue weighted by molar-refractivity contribution is 7.08. The average molecular weight is 384 g/mol. The minimum absolute atomic E-state index is 0.216. The van der Waals surface area contributed by atoms with Crippen molar-refractivity contribution in [3.05, 3.63) is 93.7 Å². The summed E-state index contributed by atoms with van der Waals surface area (Å²) >= 11 is 1.64. The van der Waals surface area contributed by atoms with E-state index in [0.29, 0.717) is 11.4 Å². The molecule has 5 rings (SSSR count). The lowest BCUT2D eigenvalue weighted by atomic mass is 9.90. The summed E-state index contributed by atoms with van der Waals surface area (Å²) in [6.45, 7) is 0. The number of nitrogen functional groups attached to an aromatic ring is 2. The van der Waals surface area contributed by atoms with Crippen molar-refractivity contribution in [2.24, 2.45) is 5.73 Å². The van der Waals surface area contributed by atoms with E-state index in [0.717, 1.165) is 23.1 Å². The SMILES string of the molecule is Nc1ccc(N)c(-c2cscc2C(N)c2cccc3c2Cc2ccccc2-3)c1. The van der Waals surface area contributed by atoms with Crippen molar-refractivity contribution in [2.45, 2.75) is 12.5 Å². The van der Waals surface area contributed by atoms with Crippen LogP contribution in [0, 0.1) is 0 Å². The smallest absolute Gasteiger partial charge is 0.0569 e. The summed E-state index contributed by atoms with van der Waals surface area (Å²) < 4.78 is 0. The molecule has 0 saturated heterocycles. The molecule has 1 aliphatic rings. The zero-order valence-electron chi connectivity index (χ0n) is 15.4. The van der Waals surface area contributed by atoms with Crippen LogP contribution in [0.5, 0.6) is 0 Å². The topological polar surface area (TPSA) is 78.1 Å². The summed E-state index contributed by atoms with van der Waals surface area (Å²) in [7, 11) is 0. The van der Waals surface area contributed by atoms with E-state index in [1.807, 2.05) is 18.2 Å². The molecule has 4 aromatic rings. The Labute approximate surface area is 168 Å². The van der Waals surface area contributed by atoms with Gasteiger partial charge in [0.1, 0.15) is 0 Å². The lowest BCUT2D eigenvalue weighted by molar-refractivity contribution is 0.864. The normalized spacial score (nSPS) is 13.2. The summed E-state index contributed by atoms with van der Waals surface area (Å²) in [5.74, 6) is 0. The van der Waals surface area contributed by atoms with Gasteiger partial charge < -0.3 is 17.2 Å². The zero-order chi connectivity index (χ0) is 19.3. The Morgan fingerprint density at radius 2 is 1.57 bits per heavy atom. The number of benzene rings is 3. The molecule has 0 fully saturated rings. The average Bonchev–Trinajstić information content (AvgIpc) is 3.34. The van der Waals surface area contributed by atoms with E-state index in [-0.39, 0.29) is 6.04 Å². The molecule has 3 aromatic carbocycles. The highest BCUT2D eigenvalue weighted by Crippen LogP contribution is 2.43. The van der Waals surface area contributed by atoms with Crippen LogP contribution in [-0.4, -0.2) is 0 Å². The van der Waals surface area contributed by atoms with Crippen LogP contribution in [0.1, 0.15) is 28.3 Å². The summed E-state index contributed by atoms with van der Waals surface area (Å²) in [6, 6.07) is 20.4. The van der Waals surface area contributed by atoms with Crippen LogP contribution in [0.2, 0.25) is 0 Å². The van der Waals surface area contributed by atoms with Crippen LogP contribution in [0.3, 0.4) is 0 Å². The van der Waals surface area contributed by atoms with Crippen LogP contribution in [0.15, 0.2) is 71.4 Å². The lowest BCUT2D eigenvalue weighted by Gasteiger charge is -2.18. The molecule has 0 spiro atoms. The molecule has 1 aromatic heterocycles. The molecular weight excluding hydrogens is 362 g/mol. The van der Waals surface area contributed by atoms with Gasteiger partial charge in [-0.1, -0.05) is 42.5 Å². The molecule has 1 aliphatic carbocycles. The van der Waals surface area contributed by atoms with Gasteiger partial charge in [0.2, 0.25) is 0 Å². The van der Waals surface area contributed by atoms with E-state index >= 15 is 0 Å². The van der Waals surface area contributed by atoms with E-state index in [2.05, 4.69) is 53.2 Å². The second-order valence-corrected chi connectivity index (χ2v) is 8.02. The van der Waals surface area contributed by atoms with Gasteiger partial charge in [0.25, 0.3) is 0 Å². The third kappa shape index (κ3) is 2.61. The molecule has 1 atom stereocenters. The summed E-state index contributed by atoms with van der Waals surface area (Å²) in [5.41, 5.74) is 30.1. The third-order valence-electron chi connectivity index (χ3n) is 5.62. The van der Waals surface area contributed by atoms with Crippen molar-refractivity contribution < 1.29 is 0 Å². The first-order valence-electron chi connectivity index (χ1n) is 9.30. The molecule has 0 amide bonds. The molecular formula is C24H21N3S. The van der Waals surface area contributed by atoms with E-state index < -0.39 is 0 Å². The molecule has 4 heteroatoms. The second kappa shape index (κ2) is 6.51. The van der Waals surface area contributed by atoms with Gasteiger partial charge in [0.05, 0.1) is 6.04 Å². The molecule has 1 heterocycles. The zero-order valence-corrected chi connectivity index (χ0v) is 16.2. The molecule has 138 valence electrons. The molecule has 28 heavy (non-hydrogen) atoms. The van der Waals surface area contributed by atoms with Gasteiger partial charge in [-0.25, -0.2) is 0 Å². The van der Waals surface area contributed by atoms with Crippen LogP contribution >= 0.6 is 11.3 Å². The van der Waals surface area contributed by atoms with Gasteiger partial charge in [0, 0.05) is 16.9 Å². The third-order valence-corrected chi connectivity index (χ3v) is 6.38. The predicted molar refractivity (Wildman–Crippen MR) is 119 cm³/mol. The number of rotatable bonds is 3. The van der Waals surface area contributed by atoms with Crippen LogP contribution in [-0.2, 0) is 6.42 Å². The van der Waals surface area contributed by atoms with Crippen molar-refractivity contribution in [3.63, 3.8) is 0 Å².